The van der Waals surface area contributed by atoms with Crippen LogP contribution in [0.4, 0.5) is 22.0 Å². The van der Waals surface area contributed by atoms with Crippen molar-refractivity contribution in [2.24, 2.45) is 0 Å². The van der Waals surface area contributed by atoms with Crippen LogP contribution in [0.2, 0.25) is 0 Å². The predicted molar refractivity (Wildman–Crippen MR) is 65.2 cm³/mol. The van der Waals surface area contributed by atoms with E-state index in [1.165, 1.54) is 19.2 Å². The van der Waals surface area contributed by atoms with E-state index in [0.29, 0.717) is 5.69 Å². The Labute approximate surface area is 103 Å². The van der Waals surface area contributed by atoms with Gasteiger partial charge in [-0.15, -0.1) is 0 Å². The molecule has 0 aliphatic heterocycles. The zero-order valence-electron chi connectivity index (χ0n) is 9.94. The van der Waals surface area contributed by atoms with E-state index in [9.17, 15) is 4.39 Å². The van der Waals surface area contributed by atoms with Gasteiger partial charge in [0.05, 0.1) is 7.11 Å². The summed E-state index contributed by atoms with van der Waals surface area (Å²) in [6.07, 6.45) is 0. The van der Waals surface area contributed by atoms with Crippen molar-refractivity contribution in [3.63, 3.8) is 0 Å². The van der Waals surface area contributed by atoms with E-state index in [2.05, 4.69) is 20.3 Å². The number of hydrogen-bond donors (Lipinski definition) is 2. The smallest absolute Gasteiger partial charge is 0.322 e. The van der Waals surface area contributed by atoms with Crippen molar-refractivity contribution in [2.75, 3.05) is 18.2 Å². The molecule has 0 bridgehead atoms. The molecule has 0 unspecified atom stereocenters. The van der Waals surface area contributed by atoms with E-state index in [4.69, 9.17) is 10.5 Å². The van der Waals surface area contributed by atoms with Crippen molar-refractivity contribution >= 4 is 17.6 Å². The van der Waals surface area contributed by atoms with E-state index in [1.807, 2.05) is 0 Å². The number of methoxy groups -OCH3 is 1. The molecule has 0 amide bonds. The standard InChI is InChI=1S/C11H12FN5O/c1-6-5-7(12)3-4-8(6)14-10-15-9(13)16-11(17-10)18-2/h3-5H,1-2H3,(H3,13,14,15,16,17). The first-order chi connectivity index (χ1) is 8.58. The topological polar surface area (TPSA) is 86.0 Å². The number of benzene rings is 1. The Morgan fingerprint density at radius 3 is 2.72 bits per heavy atom. The van der Waals surface area contributed by atoms with Crippen molar-refractivity contribution in [1.29, 1.82) is 0 Å². The molecule has 2 rings (SSSR count). The molecule has 7 heteroatoms. The quantitative estimate of drug-likeness (QED) is 0.860. The summed E-state index contributed by atoms with van der Waals surface area (Å²) in [4.78, 5) is 11.7. The first-order valence-corrected chi connectivity index (χ1v) is 5.17. The Hall–Kier alpha value is -2.44. The molecule has 0 saturated carbocycles. The SMILES string of the molecule is COc1nc(N)nc(Nc2ccc(F)cc2C)n1. The van der Waals surface area contributed by atoms with Crippen LogP contribution in [-0.4, -0.2) is 22.1 Å². The minimum absolute atomic E-state index is 0.0455. The second-order valence-electron chi connectivity index (χ2n) is 3.59. The number of aryl methyl sites for hydroxylation is 1. The van der Waals surface area contributed by atoms with E-state index in [1.54, 1.807) is 13.0 Å². The number of nitrogens with zero attached hydrogens (tertiary/aromatic N) is 3. The van der Waals surface area contributed by atoms with Crippen LogP contribution >= 0.6 is 0 Å². The van der Waals surface area contributed by atoms with Gasteiger partial charge >= 0.3 is 6.01 Å². The van der Waals surface area contributed by atoms with Gasteiger partial charge in [-0.25, -0.2) is 4.39 Å². The molecular formula is C11H12FN5O. The van der Waals surface area contributed by atoms with Crippen LogP contribution in [0.15, 0.2) is 18.2 Å². The molecule has 1 heterocycles. The lowest BCUT2D eigenvalue weighted by Gasteiger charge is -2.08. The molecule has 3 N–H and O–H groups in total. The normalized spacial score (nSPS) is 10.2. The Balaban J connectivity index is 2.30. The van der Waals surface area contributed by atoms with Crippen molar-refractivity contribution < 1.29 is 9.13 Å². The molecule has 94 valence electrons. The van der Waals surface area contributed by atoms with E-state index >= 15 is 0 Å². The molecule has 0 aliphatic carbocycles. The number of nitrogens with two attached hydrogens (primary N) is 1. The Bertz CT molecular complexity index is 575. The number of aromatic nitrogens is 3. The van der Waals surface area contributed by atoms with Gasteiger partial charge in [0.15, 0.2) is 0 Å². The average Bonchev–Trinajstić information content (AvgIpc) is 2.32. The Kier molecular flexibility index (Phi) is 3.22. The second kappa shape index (κ2) is 4.82. The van der Waals surface area contributed by atoms with Gasteiger partial charge in [0, 0.05) is 5.69 Å². The summed E-state index contributed by atoms with van der Waals surface area (Å²) >= 11 is 0. The zero-order chi connectivity index (χ0) is 13.1. The largest absolute Gasteiger partial charge is 0.467 e. The zero-order valence-corrected chi connectivity index (χ0v) is 9.94. The minimum Gasteiger partial charge on any atom is -0.467 e. The van der Waals surface area contributed by atoms with Crippen LogP contribution in [0, 0.1) is 12.7 Å². The molecule has 0 atom stereocenters. The summed E-state index contributed by atoms with van der Waals surface area (Å²) < 4.78 is 17.8. The maximum absolute atomic E-state index is 13.0. The summed E-state index contributed by atoms with van der Waals surface area (Å²) in [6.45, 7) is 1.77. The monoisotopic (exact) mass is 249 g/mol. The third kappa shape index (κ3) is 2.62. The van der Waals surface area contributed by atoms with E-state index < -0.39 is 0 Å². The molecule has 6 nitrogen and oxygen atoms in total. The maximum atomic E-state index is 13.0. The molecule has 0 aliphatic rings. The Morgan fingerprint density at radius 2 is 2.06 bits per heavy atom. The number of hydrogen-bond acceptors (Lipinski definition) is 6. The van der Waals surface area contributed by atoms with Crippen LogP contribution in [-0.2, 0) is 0 Å². The fourth-order valence-electron chi connectivity index (χ4n) is 1.41. The molecule has 0 fully saturated rings. The van der Waals surface area contributed by atoms with Crippen LogP contribution in [0.25, 0.3) is 0 Å². The van der Waals surface area contributed by atoms with Gasteiger partial charge < -0.3 is 15.8 Å². The first kappa shape index (κ1) is 12.0. The van der Waals surface area contributed by atoms with Gasteiger partial charge in [-0.2, -0.15) is 15.0 Å². The van der Waals surface area contributed by atoms with Gasteiger partial charge in [-0.1, -0.05) is 0 Å². The van der Waals surface area contributed by atoms with Crippen molar-refractivity contribution in [3.8, 4) is 6.01 Å². The summed E-state index contributed by atoms with van der Waals surface area (Å²) in [5.41, 5.74) is 6.92. The number of halogens is 1. The molecule has 0 spiro atoms. The minimum atomic E-state index is -0.300. The highest BCUT2D eigenvalue weighted by molar-refractivity contribution is 5.58. The van der Waals surface area contributed by atoms with Gasteiger partial charge in [0.1, 0.15) is 5.82 Å². The fourth-order valence-corrected chi connectivity index (χ4v) is 1.41. The summed E-state index contributed by atoms with van der Waals surface area (Å²) in [6, 6.07) is 4.46. The van der Waals surface area contributed by atoms with Crippen molar-refractivity contribution in [2.45, 2.75) is 6.92 Å². The predicted octanol–water partition coefficient (Wildman–Crippen LogP) is 1.65. The number of ether oxygens (including phenoxy) is 1. The van der Waals surface area contributed by atoms with Gasteiger partial charge in [0.25, 0.3) is 0 Å². The van der Waals surface area contributed by atoms with Crippen LogP contribution in [0.3, 0.4) is 0 Å². The summed E-state index contributed by atoms with van der Waals surface area (Å²) in [7, 11) is 1.43. The third-order valence-electron chi connectivity index (χ3n) is 2.25. The van der Waals surface area contributed by atoms with Gasteiger partial charge in [0.2, 0.25) is 11.9 Å². The second-order valence-corrected chi connectivity index (χ2v) is 3.59. The third-order valence-corrected chi connectivity index (χ3v) is 2.25. The van der Waals surface area contributed by atoms with E-state index in [0.717, 1.165) is 5.56 Å². The first-order valence-electron chi connectivity index (χ1n) is 5.17. The lowest BCUT2D eigenvalue weighted by atomic mass is 10.2. The Morgan fingerprint density at radius 1 is 1.28 bits per heavy atom. The molecule has 0 radical (unpaired) electrons. The molecule has 18 heavy (non-hydrogen) atoms. The number of anilines is 3. The van der Waals surface area contributed by atoms with Gasteiger partial charge in [-0.05, 0) is 30.7 Å². The number of rotatable bonds is 3. The van der Waals surface area contributed by atoms with Gasteiger partial charge in [-0.3, -0.25) is 0 Å². The molecular weight excluding hydrogens is 237 g/mol. The van der Waals surface area contributed by atoms with Crippen molar-refractivity contribution in [3.05, 3.63) is 29.6 Å². The maximum Gasteiger partial charge on any atom is 0.322 e. The van der Waals surface area contributed by atoms with Crippen molar-refractivity contribution in [1.82, 2.24) is 15.0 Å². The molecule has 0 saturated heterocycles. The lowest BCUT2D eigenvalue weighted by Crippen LogP contribution is -2.05. The van der Waals surface area contributed by atoms with E-state index in [-0.39, 0.29) is 23.7 Å². The lowest BCUT2D eigenvalue weighted by molar-refractivity contribution is 0.380. The summed E-state index contributed by atoms with van der Waals surface area (Å²) in [5, 5.41) is 2.93. The number of nitrogens with one attached hydrogen (secondary N) is 1. The van der Waals surface area contributed by atoms with Crippen LogP contribution in [0.5, 0.6) is 6.01 Å². The van der Waals surface area contributed by atoms with Crippen LogP contribution in [0.1, 0.15) is 5.56 Å². The number of nitrogen functional groups attached to an aromatic ring is 1. The summed E-state index contributed by atoms with van der Waals surface area (Å²) in [5.74, 6) is -0.0102. The molecule has 1 aromatic heterocycles. The molecule has 1 aromatic carbocycles. The highest BCUT2D eigenvalue weighted by Gasteiger charge is 2.06. The fraction of sp³-hybridized carbons (Fsp3) is 0.182. The average molecular weight is 249 g/mol. The highest BCUT2D eigenvalue weighted by atomic mass is 19.1. The van der Waals surface area contributed by atoms with Crippen LogP contribution < -0.4 is 15.8 Å². The molecule has 2 aromatic rings. The highest BCUT2D eigenvalue weighted by Crippen LogP contribution is 2.20.